The molecule has 2 aromatic carbocycles. The highest BCUT2D eigenvalue weighted by Gasteiger charge is 2.44. The highest BCUT2D eigenvalue weighted by Crippen LogP contribution is 2.50. The molecule has 8 nitrogen and oxygen atoms in total. The van der Waals surface area contributed by atoms with Crippen molar-refractivity contribution in [2.75, 3.05) is 13.1 Å². The van der Waals surface area contributed by atoms with Gasteiger partial charge in [-0.05, 0) is 87.0 Å². The van der Waals surface area contributed by atoms with Crippen LogP contribution in [0.5, 0.6) is 11.5 Å². The Morgan fingerprint density at radius 1 is 1.13 bits per heavy atom. The molecule has 7 rings (SSSR count). The predicted molar refractivity (Wildman–Crippen MR) is 159 cm³/mol. The van der Waals surface area contributed by atoms with Gasteiger partial charge in [0.15, 0.2) is 17.3 Å². The molecular weight excluding hydrogens is 624 g/mol. The highest BCUT2D eigenvalue weighted by atomic mass is 35.5. The summed E-state index contributed by atoms with van der Waals surface area (Å²) in [6.07, 6.45) is 0.568. The van der Waals surface area contributed by atoms with Crippen molar-refractivity contribution in [2.24, 2.45) is 5.41 Å². The second kappa shape index (κ2) is 11.2. The zero-order valence-corrected chi connectivity index (χ0v) is 25.6. The molecule has 1 aliphatic carbocycles. The van der Waals surface area contributed by atoms with Crippen molar-refractivity contribution in [3.05, 3.63) is 87.7 Å². The fourth-order valence-electron chi connectivity index (χ4n) is 6.30. The number of alkyl halides is 3. The van der Waals surface area contributed by atoms with Gasteiger partial charge in [0.1, 0.15) is 5.82 Å². The zero-order chi connectivity index (χ0) is 32.3. The molecule has 0 amide bonds. The first kappa shape index (κ1) is 30.4. The van der Waals surface area contributed by atoms with Crippen LogP contribution in [0.2, 0.25) is 5.02 Å². The Balaban J connectivity index is 1.06. The molecule has 1 saturated carbocycles. The van der Waals surface area contributed by atoms with E-state index in [1.54, 1.807) is 19.1 Å². The second-order valence-corrected chi connectivity index (χ2v) is 12.8. The molecular formula is C33H29ClF4N6O2. The van der Waals surface area contributed by atoms with Gasteiger partial charge in [0, 0.05) is 36.4 Å². The summed E-state index contributed by atoms with van der Waals surface area (Å²) in [7, 11) is 0. The van der Waals surface area contributed by atoms with E-state index in [0.29, 0.717) is 35.6 Å². The van der Waals surface area contributed by atoms with E-state index in [2.05, 4.69) is 26.0 Å². The van der Waals surface area contributed by atoms with Gasteiger partial charge in [-0.1, -0.05) is 23.7 Å². The fourth-order valence-corrected chi connectivity index (χ4v) is 6.41. The smallest absolute Gasteiger partial charge is 0.445 e. The van der Waals surface area contributed by atoms with Gasteiger partial charge in [-0.25, -0.2) is 9.37 Å². The standard InChI is InChI=1S/C33H29ClF4N6O2/c1-31(22-5-6-24(34)25(35)14-22)45-27-4-2-3-23(28(27)46-31)19-7-11-44(12-8-19)17-26-20(15-32(18-39)9-10-32)13-21(16-40-26)29-41-30(43-42-29)33(36,37)38/h2-6,13-14,16,19H,7-12,15,17H2,1H3,(H,41,42,43)/t31-/m1/s1. The van der Waals surface area contributed by atoms with Gasteiger partial charge in [-0.2, -0.15) is 23.5 Å². The summed E-state index contributed by atoms with van der Waals surface area (Å²) in [6, 6.07) is 14.5. The minimum Gasteiger partial charge on any atom is -0.445 e. The zero-order valence-electron chi connectivity index (χ0n) is 24.8. The van der Waals surface area contributed by atoms with Crippen LogP contribution in [0.3, 0.4) is 0 Å². The molecule has 0 bridgehead atoms. The SMILES string of the molecule is C[C@@]1(c2ccc(Cl)c(F)c2)Oc2cccc(C3CCN(Cc4ncc(-c5n[nH]c(C(F)(F)F)n5)cc4CC4(C#N)CC4)CC3)c2O1. The van der Waals surface area contributed by atoms with Gasteiger partial charge in [-0.15, -0.1) is 0 Å². The maximum Gasteiger partial charge on any atom is 0.451 e. The van der Waals surface area contributed by atoms with Crippen LogP contribution in [0, 0.1) is 22.6 Å². The summed E-state index contributed by atoms with van der Waals surface area (Å²) < 4.78 is 66.1. The summed E-state index contributed by atoms with van der Waals surface area (Å²) >= 11 is 5.89. The van der Waals surface area contributed by atoms with Crippen molar-refractivity contribution in [1.82, 2.24) is 25.1 Å². The molecule has 0 spiro atoms. The van der Waals surface area contributed by atoms with Crippen molar-refractivity contribution >= 4 is 11.6 Å². The second-order valence-electron chi connectivity index (χ2n) is 12.4. The van der Waals surface area contributed by atoms with Crippen LogP contribution in [0.1, 0.15) is 66.7 Å². The number of nitrogens with zero attached hydrogens (tertiary/aromatic N) is 5. The Morgan fingerprint density at radius 2 is 1.91 bits per heavy atom. The minimum atomic E-state index is -4.64. The summed E-state index contributed by atoms with van der Waals surface area (Å²) in [6.45, 7) is 3.85. The third-order valence-electron chi connectivity index (χ3n) is 9.15. The van der Waals surface area contributed by atoms with Crippen molar-refractivity contribution in [2.45, 2.75) is 63.5 Å². The van der Waals surface area contributed by atoms with E-state index >= 15 is 0 Å². The quantitative estimate of drug-likeness (QED) is 0.206. The third-order valence-corrected chi connectivity index (χ3v) is 9.45. The number of H-pyrrole nitrogens is 1. The third kappa shape index (κ3) is 5.78. The van der Waals surface area contributed by atoms with Crippen LogP contribution in [0.15, 0.2) is 48.7 Å². The van der Waals surface area contributed by atoms with E-state index in [1.807, 2.05) is 23.3 Å². The number of nitrogens with one attached hydrogen (secondary N) is 1. The lowest BCUT2D eigenvalue weighted by molar-refractivity contribution is -0.144. The van der Waals surface area contributed by atoms with Gasteiger partial charge in [0.05, 0.1) is 22.2 Å². The molecule has 0 radical (unpaired) electrons. The molecule has 4 aromatic rings. The maximum atomic E-state index is 14.2. The van der Waals surface area contributed by atoms with E-state index in [-0.39, 0.29) is 16.8 Å². The number of pyridine rings is 1. The molecule has 2 aromatic heterocycles. The number of halogens is 5. The maximum absolute atomic E-state index is 14.2. The van der Waals surface area contributed by atoms with E-state index in [1.165, 1.54) is 18.3 Å². The van der Waals surface area contributed by atoms with Gasteiger partial charge in [0.25, 0.3) is 5.79 Å². The minimum absolute atomic E-state index is 0.0277. The molecule has 4 heterocycles. The van der Waals surface area contributed by atoms with Crippen LogP contribution < -0.4 is 9.47 Å². The van der Waals surface area contributed by atoms with Gasteiger partial charge >= 0.3 is 6.18 Å². The number of hydrogen-bond donors (Lipinski definition) is 1. The number of para-hydroxylation sites is 1. The fraction of sp³-hybridized carbons (Fsp3) is 0.394. The number of ether oxygens (including phenoxy) is 2. The average Bonchev–Trinajstić information content (AvgIpc) is 3.44. The number of aromatic nitrogens is 4. The number of aromatic amines is 1. The molecule has 1 atom stereocenters. The van der Waals surface area contributed by atoms with Crippen LogP contribution in [-0.2, 0) is 24.9 Å². The summed E-state index contributed by atoms with van der Waals surface area (Å²) in [5.41, 5.74) is 3.06. The Morgan fingerprint density at radius 3 is 2.59 bits per heavy atom. The molecule has 3 aliphatic rings. The molecule has 2 fully saturated rings. The summed E-state index contributed by atoms with van der Waals surface area (Å²) in [5, 5.41) is 15.5. The lowest BCUT2D eigenvalue weighted by Crippen LogP contribution is -2.33. The molecule has 46 heavy (non-hydrogen) atoms. The first-order valence-electron chi connectivity index (χ1n) is 15.0. The largest absolute Gasteiger partial charge is 0.451 e. The Kier molecular flexibility index (Phi) is 7.44. The van der Waals surface area contributed by atoms with E-state index < -0.39 is 29.0 Å². The van der Waals surface area contributed by atoms with Gasteiger partial charge in [-0.3, -0.25) is 15.0 Å². The topological polar surface area (TPSA) is 100.0 Å². The van der Waals surface area contributed by atoms with Crippen molar-refractivity contribution in [3.8, 4) is 29.0 Å². The normalized spacial score (nSPS) is 20.9. The van der Waals surface area contributed by atoms with E-state index in [0.717, 1.165) is 55.6 Å². The van der Waals surface area contributed by atoms with Crippen molar-refractivity contribution < 1.29 is 27.0 Å². The molecule has 1 saturated heterocycles. The van der Waals surface area contributed by atoms with Gasteiger partial charge < -0.3 is 9.47 Å². The number of likely N-dealkylation sites (tertiary alicyclic amines) is 1. The molecule has 1 N–H and O–H groups in total. The average molecular weight is 653 g/mol. The van der Waals surface area contributed by atoms with Crippen LogP contribution in [0.4, 0.5) is 17.6 Å². The van der Waals surface area contributed by atoms with Crippen molar-refractivity contribution in [3.63, 3.8) is 0 Å². The Hall–Kier alpha value is -4.21. The lowest BCUT2D eigenvalue weighted by Gasteiger charge is -2.33. The number of benzene rings is 2. The van der Waals surface area contributed by atoms with Crippen LogP contribution >= 0.6 is 11.6 Å². The predicted octanol–water partition coefficient (Wildman–Crippen LogP) is 7.55. The number of hydrogen-bond acceptors (Lipinski definition) is 7. The first-order valence-corrected chi connectivity index (χ1v) is 15.4. The Labute approximate surface area is 267 Å². The summed E-state index contributed by atoms with van der Waals surface area (Å²) in [4.78, 5) is 10.6. The van der Waals surface area contributed by atoms with E-state index in [4.69, 9.17) is 21.1 Å². The van der Waals surface area contributed by atoms with E-state index in [9.17, 15) is 22.8 Å². The molecule has 0 unspecified atom stereocenters. The molecule has 13 heteroatoms. The molecule has 238 valence electrons. The van der Waals surface area contributed by atoms with Crippen LogP contribution in [-0.4, -0.2) is 38.2 Å². The number of nitriles is 1. The van der Waals surface area contributed by atoms with Crippen LogP contribution in [0.25, 0.3) is 11.4 Å². The monoisotopic (exact) mass is 652 g/mol. The van der Waals surface area contributed by atoms with Gasteiger partial charge in [0.2, 0.25) is 5.82 Å². The number of rotatable bonds is 7. The number of fused-ring (bicyclic) bond motifs is 1. The summed E-state index contributed by atoms with van der Waals surface area (Å²) in [5.74, 6) is -1.53. The number of piperidine rings is 1. The first-order chi connectivity index (χ1) is 22.0. The Bertz CT molecular complexity index is 1840. The van der Waals surface area contributed by atoms with Crippen molar-refractivity contribution in [1.29, 1.82) is 5.26 Å². The lowest BCUT2D eigenvalue weighted by atomic mass is 9.88. The highest BCUT2D eigenvalue weighted by molar-refractivity contribution is 6.30. The molecule has 2 aliphatic heterocycles.